The third-order valence-corrected chi connectivity index (χ3v) is 6.77. The van der Waals surface area contributed by atoms with Gasteiger partial charge in [0, 0.05) is 16.3 Å². The molecule has 4 aromatic carbocycles. The van der Waals surface area contributed by atoms with Gasteiger partial charge in [0.1, 0.15) is 11.0 Å². The maximum absolute atomic E-state index is 13.4. The molecule has 0 saturated heterocycles. The fourth-order valence-electron chi connectivity index (χ4n) is 3.76. The molecule has 0 heterocycles. The van der Waals surface area contributed by atoms with Crippen molar-refractivity contribution in [2.24, 2.45) is 0 Å². The van der Waals surface area contributed by atoms with Crippen molar-refractivity contribution in [3.05, 3.63) is 120 Å². The third-order valence-electron chi connectivity index (χ3n) is 5.52. The molecule has 4 rings (SSSR count). The quantitative estimate of drug-likeness (QED) is 0.204. The number of thioether (sulfide) groups is 1. The Kier molecular flexibility index (Phi) is 8.79. The molecule has 3 N–H and O–H groups in total. The molecule has 0 radical (unpaired) electrons. The van der Waals surface area contributed by atoms with Gasteiger partial charge in [-0.3, -0.25) is 9.59 Å². The highest BCUT2D eigenvalue weighted by molar-refractivity contribution is 8.00. The summed E-state index contributed by atoms with van der Waals surface area (Å²) in [6.45, 7) is 2.47. The van der Waals surface area contributed by atoms with E-state index in [2.05, 4.69) is 10.6 Å². The molecular formula is C30H26N2O5S. The summed E-state index contributed by atoms with van der Waals surface area (Å²) in [5, 5.41) is 14.6. The molecule has 8 heteroatoms. The number of anilines is 2. The van der Waals surface area contributed by atoms with E-state index in [1.165, 1.54) is 23.9 Å². The Labute approximate surface area is 224 Å². The molecule has 0 aliphatic heterocycles. The van der Waals surface area contributed by atoms with Crippen LogP contribution in [0.4, 0.5) is 11.4 Å². The molecule has 7 nitrogen and oxygen atoms in total. The topological polar surface area (TPSA) is 105 Å². The van der Waals surface area contributed by atoms with Crippen LogP contribution in [0.2, 0.25) is 0 Å². The zero-order valence-electron chi connectivity index (χ0n) is 20.6. The molecule has 192 valence electrons. The van der Waals surface area contributed by atoms with Gasteiger partial charge in [-0.1, -0.05) is 48.5 Å². The summed E-state index contributed by atoms with van der Waals surface area (Å²) in [6.07, 6.45) is 0. The molecule has 0 aliphatic carbocycles. The first-order valence-corrected chi connectivity index (χ1v) is 12.8. The van der Waals surface area contributed by atoms with Gasteiger partial charge in [0.05, 0.1) is 17.7 Å². The highest BCUT2D eigenvalue weighted by Gasteiger charge is 2.23. The van der Waals surface area contributed by atoms with Gasteiger partial charge in [-0.25, -0.2) is 4.79 Å². The van der Waals surface area contributed by atoms with Crippen molar-refractivity contribution < 1.29 is 24.2 Å². The van der Waals surface area contributed by atoms with Crippen LogP contribution in [0.15, 0.2) is 108 Å². The molecule has 0 saturated carbocycles. The average Bonchev–Trinajstić information content (AvgIpc) is 2.93. The molecule has 1 atom stereocenters. The minimum atomic E-state index is -1.18. The van der Waals surface area contributed by atoms with Gasteiger partial charge in [-0.05, 0) is 67.1 Å². The lowest BCUT2D eigenvalue weighted by molar-refractivity contribution is -0.115. The van der Waals surface area contributed by atoms with Crippen LogP contribution in [0, 0.1) is 0 Å². The van der Waals surface area contributed by atoms with Gasteiger partial charge in [0.15, 0.2) is 0 Å². The number of carboxylic acid groups (broad SMARTS) is 1. The van der Waals surface area contributed by atoms with E-state index in [1.54, 1.807) is 54.6 Å². The summed E-state index contributed by atoms with van der Waals surface area (Å²) < 4.78 is 5.47. The molecule has 2 amide bonds. The van der Waals surface area contributed by atoms with E-state index >= 15 is 0 Å². The minimum Gasteiger partial charge on any atom is -0.494 e. The number of hydrogen-bond donors (Lipinski definition) is 3. The number of nitrogens with one attached hydrogen (secondary N) is 2. The van der Waals surface area contributed by atoms with Crippen LogP contribution in [-0.4, -0.2) is 29.5 Å². The predicted molar refractivity (Wildman–Crippen MR) is 149 cm³/mol. The summed E-state index contributed by atoms with van der Waals surface area (Å²) in [7, 11) is 0. The van der Waals surface area contributed by atoms with E-state index in [0.717, 1.165) is 16.2 Å². The average molecular weight is 527 g/mol. The van der Waals surface area contributed by atoms with Crippen LogP contribution in [-0.2, 0) is 4.79 Å². The summed E-state index contributed by atoms with van der Waals surface area (Å²) >= 11 is 1.34. The third kappa shape index (κ3) is 6.80. The first-order chi connectivity index (χ1) is 18.4. The molecule has 0 bridgehead atoms. The number of carboxylic acids is 1. The standard InChI is InChI=1S/C30H26N2O5S/c1-2-37-23-17-15-21(16-18-23)31-29(34)27(20-9-4-3-5-10-20)38-24-12-8-11-22(19-24)32-28(33)25-13-6-7-14-26(25)30(35)36/h3-19,27H,2H2,1H3,(H,31,34)(H,32,33)(H,35,36). The van der Waals surface area contributed by atoms with Crippen LogP contribution in [0.25, 0.3) is 0 Å². The summed E-state index contributed by atoms with van der Waals surface area (Å²) in [6, 6.07) is 29.7. The van der Waals surface area contributed by atoms with E-state index in [9.17, 15) is 19.5 Å². The monoisotopic (exact) mass is 526 g/mol. The summed E-state index contributed by atoms with van der Waals surface area (Å²) in [5.74, 6) is -1.18. The number of benzene rings is 4. The summed E-state index contributed by atoms with van der Waals surface area (Å²) in [5.41, 5.74) is 1.95. The smallest absolute Gasteiger partial charge is 0.336 e. The lowest BCUT2D eigenvalue weighted by Gasteiger charge is -2.18. The SMILES string of the molecule is CCOc1ccc(NC(=O)C(Sc2cccc(NC(=O)c3ccccc3C(=O)O)c2)c2ccccc2)cc1. The fraction of sp³-hybridized carbons (Fsp3) is 0.100. The molecule has 0 aromatic heterocycles. The van der Waals surface area contributed by atoms with Crippen LogP contribution >= 0.6 is 11.8 Å². The van der Waals surface area contributed by atoms with Gasteiger partial charge in [0.25, 0.3) is 5.91 Å². The molecule has 0 spiro atoms. The summed E-state index contributed by atoms with van der Waals surface area (Å²) in [4.78, 5) is 38.5. The van der Waals surface area contributed by atoms with Crippen LogP contribution in [0.5, 0.6) is 5.75 Å². The van der Waals surface area contributed by atoms with Gasteiger partial charge in [-0.15, -0.1) is 11.8 Å². The second-order valence-electron chi connectivity index (χ2n) is 8.19. The van der Waals surface area contributed by atoms with Crippen LogP contribution < -0.4 is 15.4 Å². The number of carbonyl (C=O) groups is 3. The molecule has 38 heavy (non-hydrogen) atoms. The number of amides is 2. The Balaban J connectivity index is 1.53. The van der Waals surface area contributed by atoms with E-state index in [0.29, 0.717) is 18.0 Å². The first kappa shape index (κ1) is 26.5. The van der Waals surface area contributed by atoms with Crippen molar-refractivity contribution in [2.45, 2.75) is 17.1 Å². The Bertz CT molecular complexity index is 1420. The molecular weight excluding hydrogens is 500 g/mol. The molecule has 1 unspecified atom stereocenters. The Morgan fingerprint density at radius 1 is 0.789 bits per heavy atom. The molecule has 0 fully saturated rings. The van der Waals surface area contributed by atoms with Gasteiger partial charge in [-0.2, -0.15) is 0 Å². The van der Waals surface area contributed by atoms with Crippen molar-refractivity contribution in [3.8, 4) is 5.75 Å². The van der Waals surface area contributed by atoms with E-state index in [4.69, 9.17) is 4.74 Å². The lowest BCUT2D eigenvalue weighted by atomic mass is 10.1. The second-order valence-corrected chi connectivity index (χ2v) is 9.37. The van der Waals surface area contributed by atoms with Crippen LogP contribution in [0.3, 0.4) is 0 Å². The number of ether oxygens (including phenoxy) is 1. The normalized spacial score (nSPS) is 11.3. The van der Waals surface area contributed by atoms with Crippen LogP contribution in [0.1, 0.15) is 38.5 Å². The zero-order chi connectivity index (χ0) is 26.9. The molecule has 0 aliphatic rings. The van der Waals surface area contributed by atoms with E-state index in [-0.39, 0.29) is 17.0 Å². The number of aromatic carboxylic acids is 1. The van der Waals surface area contributed by atoms with E-state index in [1.807, 2.05) is 43.3 Å². The van der Waals surface area contributed by atoms with Crippen molar-refractivity contribution >= 4 is 40.9 Å². The maximum Gasteiger partial charge on any atom is 0.336 e. The minimum absolute atomic E-state index is 0.0648. The van der Waals surface area contributed by atoms with Gasteiger partial charge < -0.3 is 20.5 Å². The fourth-order valence-corrected chi connectivity index (χ4v) is 4.84. The van der Waals surface area contributed by atoms with Gasteiger partial charge >= 0.3 is 5.97 Å². The Morgan fingerprint density at radius 2 is 1.47 bits per heavy atom. The number of rotatable bonds is 10. The van der Waals surface area contributed by atoms with E-state index < -0.39 is 17.1 Å². The maximum atomic E-state index is 13.4. The lowest BCUT2D eigenvalue weighted by Crippen LogP contribution is -2.19. The van der Waals surface area contributed by atoms with Crippen molar-refractivity contribution in [1.29, 1.82) is 0 Å². The second kappa shape index (κ2) is 12.6. The highest BCUT2D eigenvalue weighted by Crippen LogP contribution is 2.37. The Hall–Kier alpha value is -4.56. The van der Waals surface area contributed by atoms with Crippen molar-refractivity contribution in [3.63, 3.8) is 0 Å². The largest absolute Gasteiger partial charge is 0.494 e. The first-order valence-electron chi connectivity index (χ1n) is 11.9. The Morgan fingerprint density at radius 3 is 2.16 bits per heavy atom. The number of carbonyl (C=O) groups excluding carboxylic acids is 2. The predicted octanol–water partition coefficient (Wildman–Crippen LogP) is 6.51. The zero-order valence-corrected chi connectivity index (χ0v) is 21.4. The highest BCUT2D eigenvalue weighted by atomic mass is 32.2. The molecule has 4 aromatic rings. The van der Waals surface area contributed by atoms with Crippen molar-refractivity contribution in [2.75, 3.05) is 17.2 Å². The van der Waals surface area contributed by atoms with Crippen molar-refractivity contribution in [1.82, 2.24) is 0 Å². The van der Waals surface area contributed by atoms with Gasteiger partial charge in [0.2, 0.25) is 5.91 Å². The number of hydrogen-bond acceptors (Lipinski definition) is 5.